The lowest BCUT2D eigenvalue weighted by atomic mass is 9.46. The van der Waals surface area contributed by atoms with E-state index in [1.54, 1.807) is 0 Å². The summed E-state index contributed by atoms with van der Waals surface area (Å²) < 4.78 is 47.4. The summed E-state index contributed by atoms with van der Waals surface area (Å²) >= 11 is 0. The zero-order valence-corrected chi connectivity index (χ0v) is 25.1. The van der Waals surface area contributed by atoms with Crippen molar-refractivity contribution in [2.45, 2.75) is 156 Å². The third kappa shape index (κ3) is 6.74. The van der Waals surface area contributed by atoms with Crippen LogP contribution < -0.4 is 0 Å². The number of hydrogen-bond donors (Lipinski definition) is 0. The summed E-state index contributed by atoms with van der Waals surface area (Å²) in [5.41, 5.74) is -1.83. The Morgan fingerprint density at radius 1 is 0.417 bits per heavy atom. The lowest BCUT2D eigenvalue weighted by Gasteiger charge is -2.44. The second-order valence-electron chi connectivity index (χ2n) is 14.0. The second kappa shape index (κ2) is 9.84. The molecule has 0 radical (unpaired) electrons. The van der Waals surface area contributed by atoms with Gasteiger partial charge in [0.1, 0.15) is 0 Å². The molecule has 204 valence electrons. The molecule has 0 aromatic carbocycles. The van der Waals surface area contributed by atoms with Crippen LogP contribution in [-0.4, -0.2) is 73.9 Å². The minimum Gasteiger partial charge on any atom is -0.411 e. The van der Waals surface area contributed by atoms with Crippen LogP contribution in [0.3, 0.4) is 0 Å². The van der Waals surface area contributed by atoms with Gasteiger partial charge in [0.2, 0.25) is 0 Å². The third-order valence-corrected chi connectivity index (χ3v) is 8.15. The van der Waals surface area contributed by atoms with Gasteiger partial charge >= 0.3 is 28.0 Å². The molecular weight excluding hydrogens is 460 g/mol. The first-order chi connectivity index (χ1) is 16.0. The summed E-state index contributed by atoms with van der Waals surface area (Å²) in [6.45, 7) is 28.7. The molecule has 4 rings (SSSR count). The van der Waals surface area contributed by atoms with Crippen molar-refractivity contribution in [1.29, 1.82) is 0 Å². The standard InChI is InChI=1S/2C12H24B2O4/c1-9-7-11(3,4)17-13(15-9)14-16-10(2)8-12(5,6)18-14;1-9(2)10(3,4)16-13(15-9)14-17-11(5,6)12(7,8)18-14/h9-10H,7-8H2,1-6H3;1-8H3. The summed E-state index contributed by atoms with van der Waals surface area (Å²) in [6.07, 6.45) is 2.09. The summed E-state index contributed by atoms with van der Waals surface area (Å²) in [5.74, 6) is 0. The van der Waals surface area contributed by atoms with Gasteiger partial charge in [0.15, 0.2) is 0 Å². The van der Waals surface area contributed by atoms with Gasteiger partial charge < -0.3 is 37.2 Å². The molecule has 4 aliphatic rings. The van der Waals surface area contributed by atoms with Gasteiger partial charge in [0.05, 0.1) is 33.6 Å². The highest BCUT2D eigenvalue weighted by molar-refractivity contribution is 7.11. The van der Waals surface area contributed by atoms with Crippen molar-refractivity contribution in [2.24, 2.45) is 0 Å². The normalized spacial score (nSPS) is 33.8. The fourth-order valence-electron chi connectivity index (χ4n) is 4.96. The molecule has 36 heavy (non-hydrogen) atoms. The van der Waals surface area contributed by atoms with Gasteiger partial charge in [-0.1, -0.05) is 0 Å². The lowest BCUT2D eigenvalue weighted by Crippen LogP contribution is -2.60. The van der Waals surface area contributed by atoms with E-state index in [0.717, 1.165) is 12.8 Å². The molecule has 0 saturated carbocycles. The smallest absolute Gasteiger partial charge is 0.411 e. The number of rotatable bonds is 2. The molecule has 0 bridgehead atoms. The average molecular weight is 508 g/mol. The van der Waals surface area contributed by atoms with Crippen LogP contribution in [0.5, 0.6) is 0 Å². The van der Waals surface area contributed by atoms with Gasteiger partial charge in [-0.05, 0) is 110 Å². The van der Waals surface area contributed by atoms with Gasteiger partial charge in [-0.25, -0.2) is 0 Å². The monoisotopic (exact) mass is 508 g/mol. The highest BCUT2D eigenvalue weighted by Crippen LogP contribution is 2.43. The van der Waals surface area contributed by atoms with Crippen molar-refractivity contribution >= 4 is 28.0 Å². The van der Waals surface area contributed by atoms with Crippen molar-refractivity contribution in [3.8, 4) is 0 Å². The molecule has 2 atom stereocenters. The van der Waals surface area contributed by atoms with Crippen LogP contribution in [0, 0.1) is 0 Å². The van der Waals surface area contributed by atoms with Crippen molar-refractivity contribution in [3.63, 3.8) is 0 Å². The van der Waals surface area contributed by atoms with Crippen LogP contribution in [-0.2, 0) is 37.2 Å². The SMILES string of the molecule is CC1(C)OB(B2OC(C)(C)C(C)(C)O2)OC1(C)C.CC1CC(C)(C)OB(B2OC(C)CC(C)(C)O2)O1. The molecule has 12 heteroatoms. The van der Waals surface area contributed by atoms with Gasteiger partial charge in [-0.15, -0.1) is 0 Å². The average Bonchev–Trinajstić information content (AvgIpc) is 2.98. The summed E-state index contributed by atoms with van der Waals surface area (Å²) in [4.78, 5) is 0. The largest absolute Gasteiger partial charge is 0.488 e. The van der Waals surface area contributed by atoms with Crippen molar-refractivity contribution in [2.75, 3.05) is 0 Å². The van der Waals surface area contributed by atoms with Crippen molar-refractivity contribution in [3.05, 3.63) is 0 Å². The van der Waals surface area contributed by atoms with E-state index in [2.05, 4.69) is 41.5 Å². The van der Waals surface area contributed by atoms with Gasteiger partial charge in [0, 0.05) is 12.2 Å². The fraction of sp³-hybridized carbons (Fsp3) is 1.00. The Bertz CT molecular complexity index is 692. The number of hydrogen-bond acceptors (Lipinski definition) is 8. The summed E-state index contributed by atoms with van der Waals surface area (Å²) in [7, 11) is -1.83. The molecule has 8 nitrogen and oxygen atoms in total. The van der Waals surface area contributed by atoms with Gasteiger partial charge in [-0.2, -0.15) is 0 Å². The van der Waals surface area contributed by atoms with Crippen LogP contribution in [0.15, 0.2) is 0 Å². The zero-order valence-electron chi connectivity index (χ0n) is 25.1. The predicted octanol–water partition coefficient (Wildman–Crippen LogP) is 4.50. The van der Waals surface area contributed by atoms with Crippen LogP contribution in [0.25, 0.3) is 0 Å². The maximum Gasteiger partial charge on any atom is 0.488 e. The highest BCUT2D eigenvalue weighted by Gasteiger charge is 2.63. The Kier molecular flexibility index (Phi) is 8.34. The molecule has 2 unspecified atom stereocenters. The molecule has 4 aliphatic heterocycles. The Labute approximate surface area is 221 Å². The molecule has 4 heterocycles. The van der Waals surface area contributed by atoms with Crippen LogP contribution >= 0.6 is 0 Å². The first-order valence-electron chi connectivity index (χ1n) is 13.4. The predicted molar refractivity (Wildman–Crippen MR) is 144 cm³/mol. The Morgan fingerprint density at radius 3 is 0.889 bits per heavy atom. The van der Waals surface area contributed by atoms with E-state index in [4.69, 9.17) is 37.2 Å². The van der Waals surface area contributed by atoms with Gasteiger partial charge in [-0.3, -0.25) is 0 Å². The second-order valence-corrected chi connectivity index (χ2v) is 14.0. The van der Waals surface area contributed by atoms with E-state index in [0.29, 0.717) is 0 Å². The van der Waals surface area contributed by atoms with E-state index >= 15 is 0 Å². The fourth-order valence-corrected chi connectivity index (χ4v) is 4.96. The molecule has 0 aliphatic carbocycles. The van der Waals surface area contributed by atoms with Crippen LogP contribution in [0.1, 0.15) is 110 Å². The lowest BCUT2D eigenvalue weighted by molar-refractivity contribution is -0.0518. The molecule has 0 N–H and O–H groups in total. The molecule has 4 fully saturated rings. The first kappa shape index (κ1) is 30.5. The first-order valence-corrected chi connectivity index (χ1v) is 13.4. The minimum absolute atomic E-state index is 0.159. The molecule has 0 aromatic rings. The molecule has 4 saturated heterocycles. The maximum absolute atomic E-state index is 5.96. The molecule has 0 spiro atoms. The Morgan fingerprint density at radius 2 is 0.667 bits per heavy atom. The Hall–Kier alpha value is -0.0603. The quantitative estimate of drug-likeness (QED) is 0.506. The van der Waals surface area contributed by atoms with E-state index in [1.165, 1.54) is 0 Å². The maximum atomic E-state index is 5.96. The zero-order chi connectivity index (χ0) is 27.5. The van der Waals surface area contributed by atoms with E-state index in [9.17, 15) is 0 Å². The molecule has 0 aromatic heterocycles. The van der Waals surface area contributed by atoms with E-state index in [-0.39, 0.29) is 45.8 Å². The summed E-state index contributed by atoms with van der Waals surface area (Å²) in [6, 6.07) is 0. The Balaban J connectivity index is 0.000000201. The molecular formula is C24H48B4O8. The van der Waals surface area contributed by atoms with Crippen LogP contribution in [0.2, 0.25) is 0 Å². The van der Waals surface area contributed by atoms with Crippen molar-refractivity contribution in [1.82, 2.24) is 0 Å². The topological polar surface area (TPSA) is 73.8 Å². The highest BCUT2D eigenvalue weighted by atomic mass is 16.7. The van der Waals surface area contributed by atoms with E-state index in [1.807, 2.05) is 55.4 Å². The van der Waals surface area contributed by atoms with Crippen LogP contribution in [0.4, 0.5) is 0 Å². The van der Waals surface area contributed by atoms with E-state index < -0.39 is 28.0 Å². The van der Waals surface area contributed by atoms with Crippen molar-refractivity contribution < 1.29 is 37.2 Å². The molecule has 0 amide bonds. The minimum atomic E-state index is -0.476. The summed E-state index contributed by atoms with van der Waals surface area (Å²) in [5, 5.41) is 0. The van der Waals surface area contributed by atoms with Gasteiger partial charge in [0.25, 0.3) is 0 Å². The third-order valence-electron chi connectivity index (χ3n) is 8.15.